The topological polar surface area (TPSA) is 82.9 Å². The Balaban J connectivity index is 1.77. The monoisotopic (exact) mass is 364 g/mol. The predicted octanol–water partition coefficient (Wildman–Crippen LogP) is 1.91. The molecular weight excluding hydrogens is 340 g/mol. The van der Waals surface area contributed by atoms with E-state index in [1.807, 2.05) is 12.1 Å². The zero-order valence-corrected chi connectivity index (χ0v) is 15.2. The normalized spacial score (nSPS) is 24.0. The van der Waals surface area contributed by atoms with Gasteiger partial charge < -0.3 is 19.8 Å². The highest BCUT2D eigenvalue weighted by Gasteiger charge is 2.43. The first-order valence-electron chi connectivity index (χ1n) is 8.50. The highest BCUT2D eigenvalue weighted by Crippen LogP contribution is 2.35. The fraction of sp³-hybridized carbons (Fsp3) is 0.556. The van der Waals surface area contributed by atoms with E-state index < -0.39 is 11.5 Å². The summed E-state index contributed by atoms with van der Waals surface area (Å²) in [6, 6.07) is 5.52. The lowest BCUT2D eigenvalue weighted by atomic mass is 9.74. The summed E-state index contributed by atoms with van der Waals surface area (Å²) in [4.78, 5) is 18.9. The summed E-state index contributed by atoms with van der Waals surface area (Å²) in [5.41, 5.74) is 2.60. The van der Waals surface area contributed by atoms with Crippen LogP contribution >= 0.6 is 11.3 Å². The summed E-state index contributed by atoms with van der Waals surface area (Å²) in [5, 5.41) is 20.4. The Morgan fingerprint density at radius 3 is 3.12 bits per heavy atom. The third-order valence-electron chi connectivity index (χ3n) is 5.09. The van der Waals surface area contributed by atoms with E-state index in [1.54, 1.807) is 23.6 Å². The molecule has 2 heterocycles. The van der Waals surface area contributed by atoms with Crippen LogP contribution in [0.1, 0.15) is 29.6 Å². The van der Waals surface area contributed by atoms with Crippen LogP contribution in [0.25, 0.3) is 10.2 Å². The zero-order chi connectivity index (χ0) is 17.9. The van der Waals surface area contributed by atoms with Gasteiger partial charge in [-0.3, -0.25) is 4.79 Å². The molecule has 1 aliphatic rings. The number of hydrogen-bond acceptors (Lipinski definition) is 6. The lowest BCUT2D eigenvalue weighted by Crippen LogP contribution is -2.55. The van der Waals surface area contributed by atoms with Gasteiger partial charge >= 0.3 is 0 Å². The number of benzene rings is 1. The van der Waals surface area contributed by atoms with Gasteiger partial charge in [-0.15, -0.1) is 11.3 Å². The summed E-state index contributed by atoms with van der Waals surface area (Å²) in [7, 11) is 1.63. The van der Waals surface area contributed by atoms with Gasteiger partial charge in [0.2, 0.25) is 0 Å². The summed E-state index contributed by atoms with van der Waals surface area (Å²) in [6.45, 7) is 1.28. The Bertz CT molecular complexity index is 735. The lowest BCUT2D eigenvalue weighted by molar-refractivity contribution is -0.0745. The molecule has 2 atom stereocenters. The molecule has 1 aliphatic heterocycles. The highest BCUT2D eigenvalue weighted by atomic mass is 32.1. The molecule has 1 saturated heterocycles. The quantitative estimate of drug-likeness (QED) is 0.765. The first kappa shape index (κ1) is 18.3. The number of methoxy groups -OCH3 is 1. The number of hydrogen-bond donors (Lipinski definition) is 2. The minimum Gasteiger partial charge on any atom is -0.396 e. The van der Waals surface area contributed by atoms with E-state index in [2.05, 4.69) is 4.98 Å². The van der Waals surface area contributed by atoms with Crippen LogP contribution < -0.4 is 0 Å². The van der Waals surface area contributed by atoms with Crippen LogP contribution in [-0.2, 0) is 4.74 Å². The van der Waals surface area contributed by atoms with Crippen molar-refractivity contribution in [3.63, 3.8) is 0 Å². The minimum atomic E-state index is -0.680. The molecule has 1 aromatic carbocycles. The fourth-order valence-electron chi connectivity index (χ4n) is 3.54. The molecule has 0 bridgehead atoms. The SMILES string of the molecule is COCCC[C@@]1(CO)CN(C(=O)c2ccc3ncsc3c2)CC[C@H]1O. The number of amides is 1. The Hall–Kier alpha value is -1.54. The second-order valence-electron chi connectivity index (χ2n) is 6.68. The van der Waals surface area contributed by atoms with Gasteiger partial charge in [-0.05, 0) is 37.5 Å². The number of nitrogens with zero attached hydrogens (tertiary/aromatic N) is 2. The molecule has 0 aliphatic carbocycles. The average molecular weight is 364 g/mol. The van der Waals surface area contributed by atoms with Crippen LogP contribution in [0.2, 0.25) is 0 Å². The van der Waals surface area contributed by atoms with Gasteiger partial charge in [0.25, 0.3) is 5.91 Å². The summed E-state index contributed by atoms with van der Waals surface area (Å²) in [5.74, 6) is -0.0632. The fourth-order valence-corrected chi connectivity index (χ4v) is 4.26. The molecule has 0 radical (unpaired) electrons. The Morgan fingerprint density at radius 2 is 2.36 bits per heavy atom. The van der Waals surface area contributed by atoms with E-state index in [0.29, 0.717) is 38.1 Å². The molecule has 0 spiro atoms. The van der Waals surface area contributed by atoms with E-state index >= 15 is 0 Å². The van der Waals surface area contributed by atoms with Crippen LogP contribution in [0.5, 0.6) is 0 Å². The van der Waals surface area contributed by atoms with E-state index in [-0.39, 0.29) is 12.5 Å². The molecule has 136 valence electrons. The largest absolute Gasteiger partial charge is 0.396 e. The van der Waals surface area contributed by atoms with Crippen LogP contribution in [-0.4, -0.2) is 65.5 Å². The second-order valence-corrected chi connectivity index (χ2v) is 7.57. The number of ether oxygens (including phenoxy) is 1. The van der Waals surface area contributed by atoms with Crippen LogP contribution in [0.15, 0.2) is 23.7 Å². The van der Waals surface area contributed by atoms with Gasteiger partial charge in [-0.25, -0.2) is 4.98 Å². The molecule has 0 saturated carbocycles. The van der Waals surface area contributed by atoms with E-state index in [4.69, 9.17) is 4.74 Å². The molecular formula is C18H24N2O4S. The molecule has 1 aromatic heterocycles. The summed E-state index contributed by atoms with van der Waals surface area (Å²) < 4.78 is 6.07. The van der Waals surface area contributed by atoms with E-state index in [1.165, 1.54) is 11.3 Å². The number of aliphatic hydroxyl groups is 2. The van der Waals surface area contributed by atoms with Crippen molar-refractivity contribution in [1.29, 1.82) is 0 Å². The van der Waals surface area contributed by atoms with Crippen LogP contribution in [0.3, 0.4) is 0 Å². The number of fused-ring (bicyclic) bond motifs is 1. The maximum absolute atomic E-state index is 12.9. The molecule has 25 heavy (non-hydrogen) atoms. The third kappa shape index (κ3) is 3.69. The second kappa shape index (κ2) is 7.78. The lowest BCUT2D eigenvalue weighted by Gasteiger charge is -2.45. The number of piperidine rings is 1. The van der Waals surface area contributed by atoms with Gasteiger partial charge in [0.15, 0.2) is 0 Å². The van der Waals surface area contributed by atoms with Crippen LogP contribution in [0, 0.1) is 5.41 Å². The minimum absolute atomic E-state index is 0.0632. The number of thiazole rings is 1. The van der Waals surface area contributed by atoms with Crippen molar-refractivity contribution in [2.24, 2.45) is 5.41 Å². The number of likely N-dealkylation sites (tertiary alicyclic amines) is 1. The number of carbonyl (C=O) groups is 1. The van der Waals surface area contributed by atoms with Gasteiger partial charge in [0.05, 0.1) is 28.4 Å². The van der Waals surface area contributed by atoms with Gasteiger partial charge in [-0.2, -0.15) is 0 Å². The molecule has 1 fully saturated rings. The van der Waals surface area contributed by atoms with Crippen molar-refractivity contribution >= 4 is 27.5 Å². The van der Waals surface area contributed by atoms with Crippen molar-refractivity contribution in [2.45, 2.75) is 25.4 Å². The summed E-state index contributed by atoms with van der Waals surface area (Å²) in [6.07, 6.45) is 1.23. The van der Waals surface area contributed by atoms with Crippen molar-refractivity contribution < 1.29 is 19.7 Å². The Morgan fingerprint density at radius 1 is 1.52 bits per heavy atom. The number of aromatic nitrogens is 1. The highest BCUT2D eigenvalue weighted by molar-refractivity contribution is 7.16. The molecule has 0 unspecified atom stereocenters. The predicted molar refractivity (Wildman–Crippen MR) is 96.8 cm³/mol. The molecule has 3 rings (SSSR count). The maximum atomic E-state index is 12.9. The number of carbonyl (C=O) groups excluding carboxylic acids is 1. The van der Waals surface area contributed by atoms with E-state index in [9.17, 15) is 15.0 Å². The Kier molecular flexibility index (Phi) is 5.68. The van der Waals surface area contributed by atoms with Gasteiger partial charge in [0, 0.05) is 37.8 Å². The molecule has 6 nitrogen and oxygen atoms in total. The summed E-state index contributed by atoms with van der Waals surface area (Å²) >= 11 is 1.51. The average Bonchev–Trinajstić information content (AvgIpc) is 3.10. The maximum Gasteiger partial charge on any atom is 0.253 e. The van der Waals surface area contributed by atoms with Crippen molar-refractivity contribution in [2.75, 3.05) is 33.4 Å². The molecule has 2 aromatic rings. The van der Waals surface area contributed by atoms with Crippen molar-refractivity contribution in [3.8, 4) is 0 Å². The standard InChI is InChI=1S/C18H24N2O4S/c1-24-8-2-6-18(11-21)10-20(7-5-16(18)22)17(23)13-3-4-14-15(9-13)25-12-19-14/h3-4,9,12,16,21-22H,2,5-8,10-11H2,1H3/t16-,18+/m1/s1. The van der Waals surface area contributed by atoms with Crippen molar-refractivity contribution in [3.05, 3.63) is 29.3 Å². The zero-order valence-electron chi connectivity index (χ0n) is 14.4. The van der Waals surface area contributed by atoms with Crippen LogP contribution in [0.4, 0.5) is 0 Å². The first-order chi connectivity index (χ1) is 12.1. The molecule has 2 N–H and O–H groups in total. The molecule has 7 heteroatoms. The van der Waals surface area contributed by atoms with Gasteiger partial charge in [-0.1, -0.05) is 0 Å². The number of aliphatic hydroxyl groups excluding tert-OH is 2. The smallest absolute Gasteiger partial charge is 0.253 e. The number of rotatable bonds is 6. The molecule has 1 amide bonds. The third-order valence-corrected chi connectivity index (χ3v) is 5.88. The van der Waals surface area contributed by atoms with Crippen molar-refractivity contribution in [1.82, 2.24) is 9.88 Å². The Labute approximate surface area is 151 Å². The first-order valence-corrected chi connectivity index (χ1v) is 9.38. The van der Waals surface area contributed by atoms with E-state index in [0.717, 1.165) is 16.6 Å². The van der Waals surface area contributed by atoms with Gasteiger partial charge in [0.1, 0.15) is 0 Å².